The van der Waals surface area contributed by atoms with Crippen molar-refractivity contribution in [1.29, 1.82) is 5.26 Å². The van der Waals surface area contributed by atoms with E-state index in [1.165, 1.54) is 5.56 Å². The van der Waals surface area contributed by atoms with Gasteiger partial charge in [-0.3, -0.25) is 9.69 Å². The second kappa shape index (κ2) is 10.6. The Hall–Kier alpha value is -4.82. The zero-order valence-corrected chi connectivity index (χ0v) is 23.7. The summed E-state index contributed by atoms with van der Waals surface area (Å²) in [5, 5.41) is 12.7. The van der Waals surface area contributed by atoms with Crippen molar-refractivity contribution in [2.45, 2.75) is 52.6 Å². The minimum atomic E-state index is -0.521. The Labute approximate surface area is 241 Å². The van der Waals surface area contributed by atoms with Crippen LogP contribution in [0, 0.1) is 32.1 Å². The molecule has 0 saturated heterocycles. The minimum absolute atomic E-state index is 0.0826. The molecule has 1 heterocycles. The first-order valence-electron chi connectivity index (χ1n) is 14.1. The zero-order chi connectivity index (χ0) is 28.7. The van der Waals surface area contributed by atoms with Crippen LogP contribution in [0.3, 0.4) is 0 Å². The Bertz CT molecular complexity index is 1790. The van der Waals surface area contributed by atoms with Crippen molar-refractivity contribution < 1.29 is 9.53 Å². The van der Waals surface area contributed by atoms with Gasteiger partial charge in [-0.2, -0.15) is 5.26 Å². The van der Waals surface area contributed by atoms with Gasteiger partial charge in [0, 0.05) is 23.1 Å². The SMILES string of the molecule is Cc1ccc(OCc2cc(C3C(C#N)=C(N)N(c4cccc5ccccc45)C4=C3C(=O)CCC4)c(C)cc2C)cc1. The molecule has 0 fully saturated rings. The molecule has 204 valence electrons. The van der Waals surface area contributed by atoms with Crippen LogP contribution in [-0.2, 0) is 11.4 Å². The van der Waals surface area contributed by atoms with Gasteiger partial charge in [0.2, 0.25) is 0 Å². The van der Waals surface area contributed by atoms with Crippen LogP contribution in [0.1, 0.15) is 53.0 Å². The number of anilines is 1. The second-order valence-corrected chi connectivity index (χ2v) is 11.1. The molecule has 1 aliphatic heterocycles. The molecular formula is C36H33N3O2. The van der Waals surface area contributed by atoms with Crippen LogP contribution in [0.5, 0.6) is 5.75 Å². The molecular weight excluding hydrogens is 506 g/mol. The molecule has 0 radical (unpaired) electrons. The summed E-state index contributed by atoms with van der Waals surface area (Å²) in [6.45, 7) is 6.55. The van der Waals surface area contributed by atoms with Gasteiger partial charge in [0.25, 0.3) is 0 Å². The van der Waals surface area contributed by atoms with Gasteiger partial charge in [-0.1, -0.05) is 66.2 Å². The molecule has 2 N–H and O–H groups in total. The predicted octanol–water partition coefficient (Wildman–Crippen LogP) is 7.65. The largest absolute Gasteiger partial charge is 0.489 e. The third kappa shape index (κ3) is 4.66. The highest BCUT2D eigenvalue weighted by molar-refractivity contribution is 6.03. The van der Waals surface area contributed by atoms with E-state index in [0.29, 0.717) is 36.4 Å². The Morgan fingerprint density at radius 3 is 2.49 bits per heavy atom. The van der Waals surface area contributed by atoms with Crippen LogP contribution < -0.4 is 15.4 Å². The molecule has 6 rings (SSSR count). The quantitative estimate of drug-likeness (QED) is 0.282. The molecule has 4 aromatic carbocycles. The first-order chi connectivity index (χ1) is 19.9. The monoisotopic (exact) mass is 539 g/mol. The van der Waals surface area contributed by atoms with Gasteiger partial charge in [-0.25, -0.2) is 0 Å². The number of nitrogens with two attached hydrogens (primary N) is 1. The van der Waals surface area contributed by atoms with Crippen molar-refractivity contribution in [3.8, 4) is 11.8 Å². The Balaban J connectivity index is 1.49. The van der Waals surface area contributed by atoms with E-state index in [2.05, 4.69) is 43.3 Å². The molecule has 5 nitrogen and oxygen atoms in total. The van der Waals surface area contributed by atoms with Crippen molar-refractivity contribution in [2.24, 2.45) is 5.73 Å². The smallest absolute Gasteiger partial charge is 0.161 e. The highest BCUT2D eigenvalue weighted by atomic mass is 16.5. The first kappa shape index (κ1) is 26.4. The van der Waals surface area contributed by atoms with Crippen molar-refractivity contribution in [2.75, 3.05) is 4.90 Å². The molecule has 1 aliphatic carbocycles. The maximum absolute atomic E-state index is 13.7. The van der Waals surface area contributed by atoms with Gasteiger partial charge in [0.15, 0.2) is 5.78 Å². The van der Waals surface area contributed by atoms with Crippen LogP contribution in [0.25, 0.3) is 10.8 Å². The number of fused-ring (bicyclic) bond motifs is 1. The van der Waals surface area contributed by atoms with Gasteiger partial charge in [-0.15, -0.1) is 0 Å². The predicted molar refractivity (Wildman–Crippen MR) is 163 cm³/mol. The van der Waals surface area contributed by atoms with Gasteiger partial charge in [0.1, 0.15) is 18.2 Å². The molecule has 5 heteroatoms. The van der Waals surface area contributed by atoms with E-state index in [-0.39, 0.29) is 5.78 Å². The summed E-state index contributed by atoms with van der Waals surface area (Å²) >= 11 is 0. The van der Waals surface area contributed by atoms with E-state index in [4.69, 9.17) is 10.5 Å². The van der Waals surface area contributed by atoms with E-state index in [1.54, 1.807) is 0 Å². The number of Topliss-reactive ketones (excluding diaryl/α,β-unsaturated/α-hetero) is 1. The van der Waals surface area contributed by atoms with Crippen LogP contribution in [0.15, 0.2) is 102 Å². The maximum atomic E-state index is 13.7. The van der Waals surface area contributed by atoms with E-state index in [1.807, 2.05) is 67.3 Å². The Morgan fingerprint density at radius 1 is 0.951 bits per heavy atom. The lowest BCUT2D eigenvalue weighted by atomic mass is 9.74. The standard InChI is InChI=1S/C36H33N3O2/c1-22-14-16-27(17-15-22)41-21-26-19-29(24(3)18-23(26)2)34-30(20-37)36(38)39(32-12-7-13-33(40)35(32)34)31-11-6-9-25-8-4-5-10-28(25)31/h4-6,8-11,14-19,34H,7,12-13,21,38H2,1-3H3. The maximum Gasteiger partial charge on any atom is 0.161 e. The highest BCUT2D eigenvalue weighted by Crippen LogP contribution is 2.48. The molecule has 0 aromatic heterocycles. The number of ketones is 1. The summed E-state index contributed by atoms with van der Waals surface area (Å²) in [6.07, 6.45) is 1.93. The molecule has 1 atom stereocenters. The topological polar surface area (TPSA) is 79.3 Å². The number of hydrogen-bond donors (Lipinski definition) is 1. The summed E-state index contributed by atoms with van der Waals surface area (Å²) in [7, 11) is 0. The zero-order valence-electron chi connectivity index (χ0n) is 23.7. The number of carbonyl (C=O) groups is 1. The molecule has 0 saturated carbocycles. The molecule has 4 aromatic rings. The number of nitrogens with zero attached hydrogens (tertiary/aromatic N) is 2. The van der Waals surface area contributed by atoms with Gasteiger partial charge < -0.3 is 10.5 Å². The summed E-state index contributed by atoms with van der Waals surface area (Å²) in [5.41, 5.74) is 15.0. The fourth-order valence-electron chi connectivity index (χ4n) is 6.25. The second-order valence-electron chi connectivity index (χ2n) is 11.1. The van der Waals surface area contributed by atoms with Crippen molar-refractivity contribution in [1.82, 2.24) is 0 Å². The lowest BCUT2D eigenvalue weighted by molar-refractivity contribution is -0.116. The number of aryl methyl sites for hydroxylation is 3. The summed E-state index contributed by atoms with van der Waals surface area (Å²) in [5.74, 6) is 0.751. The first-order valence-corrected chi connectivity index (χ1v) is 14.1. The lowest BCUT2D eigenvalue weighted by Crippen LogP contribution is -2.39. The van der Waals surface area contributed by atoms with Crippen molar-refractivity contribution in [3.05, 3.63) is 129 Å². The van der Waals surface area contributed by atoms with E-state index in [0.717, 1.165) is 56.6 Å². The molecule has 41 heavy (non-hydrogen) atoms. The van der Waals surface area contributed by atoms with Crippen LogP contribution in [0.4, 0.5) is 5.69 Å². The molecule has 0 bridgehead atoms. The number of rotatable bonds is 5. The number of ether oxygens (including phenoxy) is 1. The average molecular weight is 540 g/mol. The van der Waals surface area contributed by atoms with Crippen LogP contribution >= 0.6 is 0 Å². The van der Waals surface area contributed by atoms with Gasteiger partial charge >= 0.3 is 0 Å². The molecule has 1 unspecified atom stereocenters. The molecule has 0 amide bonds. The Kier molecular flexibility index (Phi) is 6.85. The lowest BCUT2D eigenvalue weighted by Gasteiger charge is -2.40. The van der Waals surface area contributed by atoms with E-state index < -0.39 is 5.92 Å². The Morgan fingerprint density at radius 2 is 1.71 bits per heavy atom. The fraction of sp³-hybridized carbons (Fsp3) is 0.222. The molecule has 2 aliphatic rings. The van der Waals surface area contributed by atoms with Crippen molar-refractivity contribution >= 4 is 22.2 Å². The summed E-state index contributed by atoms with van der Waals surface area (Å²) < 4.78 is 6.14. The van der Waals surface area contributed by atoms with Crippen LogP contribution in [0.2, 0.25) is 0 Å². The number of benzene rings is 4. The van der Waals surface area contributed by atoms with Gasteiger partial charge in [-0.05, 0) is 79.5 Å². The third-order valence-corrected chi connectivity index (χ3v) is 8.37. The number of hydrogen-bond acceptors (Lipinski definition) is 5. The van der Waals surface area contributed by atoms with Crippen LogP contribution in [-0.4, -0.2) is 5.78 Å². The third-order valence-electron chi connectivity index (χ3n) is 8.37. The summed E-state index contributed by atoms with van der Waals surface area (Å²) in [6, 6.07) is 28.9. The van der Waals surface area contributed by atoms with Gasteiger partial charge in [0.05, 0.1) is 23.2 Å². The van der Waals surface area contributed by atoms with Crippen molar-refractivity contribution in [3.63, 3.8) is 0 Å². The number of carbonyl (C=O) groups excluding carboxylic acids is 1. The van der Waals surface area contributed by atoms with E-state index in [9.17, 15) is 10.1 Å². The average Bonchev–Trinajstić information content (AvgIpc) is 2.97. The summed E-state index contributed by atoms with van der Waals surface area (Å²) in [4.78, 5) is 15.7. The highest BCUT2D eigenvalue weighted by Gasteiger charge is 2.41. The minimum Gasteiger partial charge on any atom is -0.489 e. The van der Waals surface area contributed by atoms with E-state index >= 15 is 0 Å². The normalized spacial score (nSPS) is 17.1. The number of allylic oxidation sites excluding steroid dienone is 3. The fourth-order valence-corrected chi connectivity index (χ4v) is 6.25. The molecule has 0 spiro atoms. The number of nitriles is 1.